The molecular formula is C18H20N2O6S. The van der Waals surface area contributed by atoms with Crippen LogP contribution in [0.5, 0.6) is 0 Å². The minimum absolute atomic E-state index is 0.127. The zero-order chi connectivity index (χ0) is 19.4. The van der Waals surface area contributed by atoms with Crippen molar-refractivity contribution >= 4 is 27.6 Å². The van der Waals surface area contributed by atoms with Crippen molar-refractivity contribution in [2.45, 2.75) is 19.4 Å². The number of sulfonamides is 1. The van der Waals surface area contributed by atoms with Crippen molar-refractivity contribution in [1.82, 2.24) is 5.32 Å². The summed E-state index contributed by atoms with van der Waals surface area (Å²) in [6.07, 6.45) is 2.09. The van der Waals surface area contributed by atoms with Gasteiger partial charge in [-0.1, -0.05) is 0 Å². The highest BCUT2D eigenvalue weighted by Gasteiger charge is 2.28. The highest BCUT2D eigenvalue weighted by atomic mass is 32.2. The minimum atomic E-state index is -3.27. The lowest BCUT2D eigenvalue weighted by Crippen LogP contribution is -2.31. The third-order valence-corrected chi connectivity index (χ3v) is 6.04. The van der Waals surface area contributed by atoms with Crippen molar-refractivity contribution in [3.8, 4) is 0 Å². The molecule has 27 heavy (non-hydrogen) atoms. The Bertz CT molecular complexity index is 906. The van der Waals surface area contributed by atoms with Gasteiger partial charge in [0.1, 0.15) is 5.76 Å². The minimum Gasteiger partial charge on any atom is -0.467 e. The van der Waals surface area contributed by atoms with Crippen LogP contribution in [0.2, 0.25) is 0 Å². The summed E-state index contributed by atoms with van der Waals surface area (Å²) in [6, 6.07) is 9.18. The molecule has 1 aromatic heterocycles. The van der Waals surface area contributed by atoms with Crippen LogP contribution in [0.25, 0.3) is 0 Å². The molecule has 1 N–H and O–H groups in total. The molecule has 144 valence electrons. The van der Waals surface area contributed by atoms with Gasteiger partial charge in [0.05, 0.1) is 29.3 Å². The predicted octanol–water partition coefficient (Wildman–Crippen LogP) is 1.85. The first kappa shape index (κ1) is 19.0. The average molecular weight is 392 g/mol. The Balaban J connectivity index is 1.53. The molecule has 0 bridgehead atoms. The summed E-state index contributed by atoms with van der Waals surface area (Å²) in [6.45, 7) is 1.76. The molecule has 0 spiro atoms. The Kier molecular flexibility index (Phi) is 5.50. The molecule has 1 aromatic carbocycles. The maximum atomic E-state index is 12.1. The van der Waals surface area contributed by atoms with Gasteiger partial charge in [0, 0.05) is 6.54 Å². The molecular weight excluding hydrogens is 372 g/mol. The Labute approximate surface area is 157 Å². The monoisotopic (exact) mass is 392 g/mol. The normalized spacial score (nSPS) is 16.7. The molecule has 1 atom stereocenters. The lowest BCUT2D eigenvalue weighted by atomic mass is 10.2. The molecule has 1 aliphatic heterocycles. The van der Waals surface area contributed by atoms with E-state index in [1.807, 2.05) is 0 Å². The number of ether oxygens (including phenoxy) is 1. The van der Waals surface area contributed by atoms with Crippen LogP contribution in [0.15, 0.2) is 47.1 Å². The van der Waals surface area contributed by atoms with Gasteiger partial charge in [-0.15, -0.1) is 0 Å². The molecule has 9 heteroatoms. The van der Waals surface area contributed by atoms with Crippen molar-refractivity contribution in [2.24, 2.45) is 0 Å². The summed E-state index contributed by atoms with van der Waals surface area (Å²) < 4.78 is 35.3. The number of nitrogens with zero attached hydrogens (tertiary/aromatic N) is 1. The average Bonchev–Trinajstić information content (AvgIpc) is 3.29. The van der Waals surface area contributed by atoms with Gasteiger partial charge in [-0.05, 0) is 49.7 Å². The number of hydrogen-bond donors (Lipinski definition) is 1. The second-order valence-corrected chi connectivity index (χ2v) is 8.18. The molecule has 1 saturated heterocycles. The Morgan fingerprint density at radius 1 is 1.26 bits per heavy atom. The van der Waals surface area contributed by atoms with Crippen molar-refractivity contribution in [3.63, 3.8) is 0 Å². The van der Waals surface area contributed by atoms with E-state index >= 15 is 0 Å². The smallest absolute Gasteiger partial charge is 0.338 e. The van der Waals surface area contributed by atoms with Gasteiger partial charge in [0.2, 0.25) is 10.0 Å². The Morgan fingerprint density at radius 3 is 2.59 bits per heavy atom. The SMILES string of the molecule is CC(NC(=O)COC(=O)c1ccc(N2CCCS2(=O)=O)cc1)c1ccco1. The van der Waals surface area contributed by atoms with E-state index in [4.69, 9.17) is 9.15 Å². The van der Waals surface area contributed by atoms with Crippen LogP contribution in [-0.4, -0.2) is 39.2 Å². The Hall–Kier alpha value is -2.81. The summed E-state index contributed by atoms with van der Waals surface area (Å²) in [5, 5.41) is 2.66. The molecule has 1 amide bonds. The number of furan rings is 1. The zero-order valence-corrected chi connectivity index (χ0v) is 15.6. The van der Waals surface area contributed by atoms with Gasteiger partial charge in [-0.3, -0.25) is 9.10 Å². The van der Waals surface area contributed by atoms with Crippen LogP contribution in [0.4, 0.5) is 5.69 Å². The van der Waals surface area contributed by atoms with Gasteiger partial charge in [-0.25, -0.2) is 13.2 Å². The quantitative estimate of drug-likeness (QED) is 0.752. The van der Waals surface area contributed by atoms with Gasteiger partial charge in [-0.2, -0.15) is 0 Å². The van der Waals surface area contributed by atoms with Crippen molar-refractivity contribution < 1.29 is 27.2 Å². The highest BCUT2D eigenvalue weighted by molar-refractivity contribution is 7.93. The van der Waals surface area contributed by atoms with E-state index in [9.17, 15) is 18.0 Å². The lowest BCUT2D eigenvalue weighted by Gasteiger charge is -2.17. The fourth-order valence-electron chi connectivity index (χ4n) is 2.80. The molecule has 1 aliphatic rings. The summed E-state index contributed by atoms with van der Waals surface area (Å²) in [7, 11) is -3.27. The first-order chi connectivity index (χ1) is 12.9. The van der Waals surface area contributed by atoms with Crippen LogP contribution in [0.3, 0.4) is 0 Å². The molecule has 0 aliphatic carbocycles. The third kappa shape index (κ3) is 4.48. The van der Waals surface area contributed by atoms with Gasteiger partial charge < -0.3 is 14.5 Å². The summed E-state index contributed by atoms with van der Waals surface area (Å²) in [5.41, 5.74) is 0.747. The summed E-state index contributed by atoms with van der Waals surface area (Å²) >= 11 is 0. The number of hydrogen-bond acceptors (Lipinski definition) is 6. The number of rotatable bonds is 6. The van der Waals surface area contributed by atoms with E-state index in [1.165, 1.54) is 22.7 Å². The number of esters is 1. The largest absolute Gasteiger partial charge is 0.467 e. The van der Waals surface area contributed by atoms with Gasteiger partial charge in [0.25, 0.3) is 5.91 Å². The number of carbonyl (C=O) groups excluding carboxylic acids is 2. The lowest BCUT2D eigenvalue weighted by molar-refractivity contribution is -0.125. The number of amides is 1. The van der Waals surface area contributed by atoms with Crippen LogP contribution in [0.1, 0.15) is 35.5 Å². The fourth-order valence-corrected chi connectivity index (χ4v) is 4.36. The van der Waals surface area contributed by atoms with Crippen molar-refractivity contribution in [2.75, 3.05) is 23.2 Å². The maximum absolute atomic E-state index is 12.1. The molecule has 3 rings (SSSR count). The first-order valence-electron chi connectivity index (χ1n) is 8.47. The van der Waals surface area contributed by atoms with E-state index in [1.54, 1.807) is 31.2 Å². The molecule has 8 nitrogen and oxygen atoms in total. The second kappa shape index (κ2) is 7.83. The van der Waals surface area contributed by atoms with Crippen LogP contribution >= 0.6 is 0 Å². The molecule has 1 fully saturated rings. The molecule has 1 unspecified atom stereocenters. The highest BCUT2D eigenvalue weighted by Crippen LogP contribution is 2.24. The van der Waals surface area contributed by atoms with Gasteiger partial charge >= 0.3 is 5.97 Å². The molecule has 2 aromatic rings. The van der Waals surface area contributed by atoms with E-state index < -0.39 is 28.5 Å². The van der Waals surface area contributed by atoms with Crippen molar-refractivity contribution in [1.29, 1.82) is 0 Å². The fraction of sp³-hybridized carbons (Fsp3) is 0.333. The molecule has 0 radical (unpaired) electrons. The number of nitrogens with one attached hydrogen (secondary N) is 1. The number of carbonyl (C=O) groups is 2. The van der Waals surface area contributed by atoms with E-state index in [-0.39, 0.29) is 17.4 Å². The zero-order valence-electron chi connectivity index (χ0n) is 14.8. The second-order valence-electron chi connectivity index (χ2n) is 6.17. The van der Waals surface area contributed by atoms with Gasteiger partial charge in [0.15, 0.2) is 6.61 Å². The van der Waals surface area contributed by atoms with E-state index in [0.717, 1.165) is 0 Å². The predicted molar refractivity (Wildman–Crippen MR) is 97.7 cm³/mol. The topological polar surface area (TPSA) is 106 Å². The van der Waals surface area contributed by atoms with E-state index in [0.29, 0.717) is 24.4 Å². The van der Waals surface area contributed by atoms with Crippen LogP contribution in [0, 0.1) is 0 Å². The molecule has 0 saturated carbocycles. The standard InChI is InChI=1S/C18H20N2O6S/c1-13(16-4-2-10-25-16)19-17(21)12-26-18(22)14-5-7-15(8-6-14)20-9-3-11-27(20,23)24/h2,4-8,10,13H,3,9,11-12H2,1H3,(H,19,21). The van der Waals surface area contributed by atoms with Crippen molar-refractivity contribution in [3.05, 3.63) is 54.0 Å². The molecule has 2 heterocycles. The summed E-state index contributed by atoms with van der Waals surface area (Å²) in [4.78, 5) is 24.0. The number of anilines is 1. The summed E-state index contributed by atoms with van der Waals surface area (Å²) in [5.74, 6) is -0.386. The first-order valence-corrected chi connectivity index (χ1v) is 10.1. The Morgan fingerprint density at radius 2 is 2.00 bits per heavy atom. The van der Waals surface area contributed by atoms with E-state index in [2.05, 4.69) is 5.32 Å². The van der Waals surface area contributed by atoms with Crippen LogP contribution in [-0.2, 0) is 19.6 Å². The number of benzene rings is 1. The van der Waals surface area contributed by atoms with Crippen LogP contribution < -0.4 is 9.62 Å². The third-order valence-electron chi connectivity index (χ3n) is 4.17. The maximum Gasteiger partial charge on any atom is 0.338 e.